The molecule has 0 unspecified atom stereocenters. The van der Waals surface area contributed by atoms with Gasteiger partial charge in [-0.15, -0.1) is 0 Å². The van der Waals surface area contributed by atoms with Gasteiger partial charge in [0.15, 0.2) is 0 Å². The highest BCUT2D eigenvalue weighted by Gasteiger charge is 2.02. The van der Waals surface area contributed by atoms with Gasteiger partial charge in [-0.3, -0.25) is 9.59 Å². The van der Waals surface area contributed by atoms with Crippen molar-refractivity contribution in [2.75, 3.05) is 0 Å². The summed E-state index contributed by atoms with van der Waals surface area (Å²) in [5.41, 5.74) is 0. The van der Waals surface area contributed by atoms with Crippen LogP contribution in [0.25, 0.3) is 0 Å². The van der Waals surface area contributed by atoms with Crippen LogP contribution in [0.5, 0.6) is 0 Å². The van der Waals surface area contributed by atoms with Crippen molar-refractivity contribution in [3.05, 3.63) is 36.5 Å². The van der Waals surface area contributed by atoms with Gasteiger partial charge in [-0.1, -0.05) is 36.5 Å². The number of hydrogen-bond acceptors (Lipinski definition) is 4. The average Bonchev–Trinajstić information content (AvgIpc) is 2.56. The van der Waals surface area contributed by atoms with Gasteiger partial charge in [-0.25, -0.2) is 0 Å². The average molecular weight is 368 g/mol. The quantitative estimate of drug-likeness (QED) is 0.188. The Hall–Kier alpha value is -1.92. The predicted octanol–water partition coefficient (Wildman–Crippen LogP) is 3.45. The van der Waals surface area contributed by atoms with Crippen LogP contribution in [-0.4, -0.2) is 44.6 Å². The minimum absolute atomic E-state index is 0.0649. The number of unbranched alkanes of at least 4 members (excludes halogenated alkanes) is 2. The van der Waals surface area contributed by atoms with Gasteiger partial charge in [-0.05, 0) is 51.4 Å². The zero-order valence-corrected chi connectivity index (χ0v) is 15.3. The molecule has 0 aliphatic carbocycles. The first-order chi connectivity index (χ1) is 12.4. The molecule has 0 aliphatic rings. The molecule has 6 heteroatoms. The van der Waals surface area contributed by atoms with Crippen molar-refractivity contribution < 1.29 is 30.0 Å². The van der Waals surface area contributed by atoms with Gasteiger partial charge in [0, 0.05) is 12.8 Å². The summed E-state index contributed by atoms with van der Waals surface area (Å²) in [6.07, 6.45) is 15.4. The van der Waals surface area contributed by atoms with Gasteiger partial charge >= 0.3 is 11.9 Å². The highest BCUT2D eigenvalue weighted by atomic mass is 16.4. The molecule has 0 aromatic heterocycles. The van der Waals surface area contributed by atoms with Crippen LogP contribution in [0.2, 0.25) is 0 Å². The summed E-state index contributed by atoms with van der Waals surface area (Å²) < 4.78 is 0. The molecular formula is C20H32O6. The van der Waals surface area contributed by atoms with Crippen molar-refractivity contribution >= 4 is 11.9 Å². The second kappa shape index (κ2) is 16.5. The lowest BCUT2D eigenvalue weighted by atomic mass is 10.1. The third-order valence-electron chi connectivity index (χ3n) is 3.72. The summed E-state index contributed by atoms with van der Waals surface area (Å²) in [5.74, 6) is -1.62. The smallest absolute Gasteiger partial charge is 0.303 e. The van der Waals surface area contributed by atoms with Gasteiger partial charge in [0.05, 0.1) is 12.2 Å². The summed E-state index contributed by atoms with van der Waals surface area (Å²) in [7, 11) is 0. The van der Waals surface area contributed by atoms with E-state index in [2.05, 4.69) is 0 Å². The van der Waals surface area contributed by atoms with Gasteiger partial charge in [-0.2, -0.15) is 0 Å². The van der Waals surface area contributed by atoms with Crippen molar-refractivity contribution in [3.8, 4) is 0 Å². The fourth-order valence-corrected chi connectivity index (χ4v) is 2.24. The molecule has 0 saturated carbocycles. The number of aliphatic hydroxyl groups is 2. The van der Waals surface area contributed by atoms with Gasteiger partial charge in [0.1, 0.15) is 0 Å². The van der Waals surface area contributed by atoms with E-state index in [1.165, 1.54) is 0 Å². The molecule has 0 saturated heterocycles. The van der Waals surface area contributed by atoms with E-state index < -0.39 is 24.1 Å². The van der Waals surface area contributed by atoms with Crippen LogP contribution in [0, 0.1) is 0 Å². The van der Waals surface area contributed by atoms with E-state index in [1.807, 2.05) is 24.3 Å². The number of allylic oxidation sites excluding steroid dienone is 4. The zero-order valence-electron chi connectivity index (χ0n) is 15.3. The fraction of sp³-hybridized carbons (Fsp3) is 0.600. The predicted molar refractivity (Wildman–Crippen MR) is 101 cm³/mol. The van der Waals surface area contributed by atoms with E-state index in [9.17, 15) is 19.8 Å². The first-order valence-corrected chi connectivity index (χ1v) is 9.20. The van der Waals surface area contributed by atoms with Gasteiger partial charge in [0.2, 0.25) is 0 Å². The normalized spacial score (nSPS) is 14.4. The standard InChI is InChI=1S/C20H32O6/c21-17(11-6-2-1-3-9-15-19(23)24)12-7-4-5-8-13-18(22)14-10-16-20(25)26/h2,4-6,8,13,17-18,21-22H,1,3,7,9-12,14-16H2,(H,23,24)(H,25,26)/b5-4+,6-2-,13-8-/t17-,18+/m1/s1. The number of hydrogen-bond donors (Lipinski definition) is 4. The second-order valence-electron chi connectivity index (χ2n) is 6.24. The summed E-state index contributed by atoms with van der Waals surface area (Å²) in [6, 6.07) is 0. The molecule has 6 nitrogen and oxygen atoms in total. The summed E-state index contributed by atoms with van der Waals surface area (Å²) in [6.45, 7) is 0. The van der Waals surface area contributed by atoms with Crippen LogP contribution in [-0.2, 0) is 9.59 Å². The molecular weight excluding hydrogens is 336 g/mol. The molecule has 0 aliphatic heterocycles. The third-order valence-corrected chi connectivity index (χ3v) is 3.72. The maximum Gasteiger partial charge on any atom is 0.303 e. The SMILES string of the molecule is O=C(O)CCCC/C=C\C[C@@H](O)CC/C=C/C=C\[C@H](O)CCCC(=O)O. The lowest BCUT2D eigenvalue weighted by Gasteiger charge is -2.05. The van der Waals surface area contributed by atoms with E-state index in [0.717, 1.165) is 19.3 Å². The van der Waals surface area contributed by atoms with Crippen molar-refractivity contribution in [3.63, 3.8) is 0 Å². The Kier molecular flexibility index (Phi) is 15.3. The fourth-order valence-electron chi connectivity index (χ4n) is 2.24. The number of carboxylic acid groups (broad SMARTS) is 2. The highest BCUT2D eigenvalue weighted by Crippen LogP contribution is 2.06. The van der Waals surface area contributed by atoms with Crippen molar-refractivity contribution in [2.45, 2.75) is 76.4 Å². The van der Waals surface area contributed by atoms with Gasteiger partial charge < -0.3 is 20.4 Å². The maximum absolute atomic E-state index is 10.4. The molecule has 0 amide bonds. The minimum atomic E-state index is -0.854. The third kappa shape index (κ3) is 18.4. The number of aliphatic carboxylic acids is 2. The largest absolute Gasteiger partial charge is 0.481 e. The molecule has 0 rings (SSSR count). The molecule has 0 aromatic rings. The summed E-state index contributed by atoms with van der Waals surface area (Å²) in [5, 5.41) is 36.5. The summed E-state index contributed by atoms with van der Waals surface area (Å²) in [4.78, 5) is 20.7. The molecule has 4 N–H and O–H groups in total. The van der Waals surface area contributed by atoms with Crippen LogP contribution in [0.3, 0.4) is 0 Å². The van der Waals surface area contributed by atoms with E-state index in [4.69, 9.17) is 10.2 Å². The van der Waals surface area contributed by atoms with Crippen LogP contribution >= 0.6 is 0 Å². The first kappa shape index (κ1) is 24.1. The second-order valence-corrected chi connectivity index (χ2v) is 6.24. The Morgan fingerprint density at radius 3 is 2.15 bits per heavy atom. The van der Waals surface area contributed by atoms with Crippen molar-refractivity contribution in [1.29, 1.82) is 0 Å². The van der Waals surface area contributed by atoms with E-state index in [0.29, 0.717) is 32.1 Å². The Bertz CT molecular complexity index is 467. The Labute approximate surface area is 155 Å². The monoisotopic (exact) mass is 368 g/mol. The van der Waals surface area contributed by atoms with Crippen LogP contribution in [0.4, 0.5) is 0 Å². The number of carbonyl (C=O) groups is 2. The Morgan fingerprint density at radius 1 is 0.769 bits per heavy atom. The molecule has 0 heterocycles. The minimum Gasteiger partial charge on any atom is -0.481 e. The van der Waals surface area contributed by atoms with Crippen molar-refractivity contribution in [1.82, 2.24) is 0 Å². The Balaban J connectivity index is 3.65. The maximum atomic E-state index is 10.4. The van der Waals surface area contributed by atoms with E-state index in [1.54, 1.807) is 12.2 Å². The number of rotatable bonds is 16. The first-order valence-electron chi connectivity index (χ1n) is 9.20. The molecule has 0 spiro atoms. The van der Waals surface area contributed by atoms with E-state index >= 15 is 0 Å². The molecule has 0 fully saturated rings. The molecule has 0 aromatic carbocycles. The van der Waals surface area contributed by atoms with Crippen LogP contribution in [0.15, 0.2) is 36.5 Å². The van der Waals surface area contributed by atoms with E-state index in [-0.39, 0.29) is 12.8 Å². The highest BCUT2D eigenvalue weighted by molar-refractivity contribution is 5.66. The molecule has 0 radical (unpaired) electrons. The summed E-state index contributed by atoms with van der Waals surface area (Å²) >= 11 is 0. The molecule has 0 bridgehead atoms. The lowest BCUT2D eigenvalue weighted by molar-refractivity contribution is -0.138. The lowest BCUT2D eigenvalue weighted by Crippen LogP contribution is -2.04. The number of carboxylic acids is 2. The molecule has 2 atom stereocenters. The topological polar surface area (TPSA) is 115 Å². The van der Waals surface area contributed by atoms with Gasteiger partial charge in [0.25, 0.3) is 0 Å². The van der Waals surface area contributed by atoms with Crippen molar-refractivity contribution in [2.24, 2.45) is 0 Å². The van der Waals surface area contributed by atoms with Crippen LogP contribution in [0.1, 0.15) is 64.2 Å². The molecule has 26 heavy (non-hydrogen) atoms. The number of aliphatic hydroxyl groups excluding tert-OH is 2. The Morgan fingerprint density at radius 2 is 1.46 bits per heavy atom. The molecule has 148 valence electrons. The van der Waals surface area contributed by atoms with Crippen LogP contribution < -0.4 is 0 Å². The zero-order chi connectivity index (χ0) is 19.6.